The highest BCUT2D eigenvalue weighted by Gasteiger charge is 2.33. The summed E-state index contributed by atoms with van der Waals surface area (Å²) in [6.07, 6.45) is 0.653. The first-order valence-corrected chi connectivity index (χ1v) is 8.37. The van der Waals surface area contributed by atoms with Crippen molar-refractivity contribution in [2.45, 2.75) is 53.2 Å². The van der Waals surface area contributed by atoms with Gasteiger partial charge in [0, 0.05) is 17.1 Å². The Morgan fingerprint density at radius 1 is 1.29 bits per heavy atom. The average molecular weight is 360 g/mol. The minimum absolute atomic E-state index is 0.00527. The third kappa shape index (κ3) is 5.68. The highest BCUT2D eigenvalue weighted by atomic mass is 79.9. The molecule has 0 bridgehead atoms. The van der Waals surface area contributed by atoms with E-state index in [0.29, 0.717) is 13.0 Å². The quantitative estimate of drug-likeness (QED) is 0.770. The van der Waals surface area contributed by atoms with Gasteiger partial charge in [-0.25, -0.2) is 4.39 Å². The van der Waals surface area contributed by atoms with Crippen LogP contribution in [-0.2, 0) is 11.2 Å². The van der Waals surface area contributed by atoms with E-state index in [1.54, 1.807) is 0 Å². The summed E-state index contributed by atoms with van der Waals surface area (Å²) in [6.45, 7) is 12.1. The van der Waals surface area contributed by atoms with Gasteiger partial charge in [-0.05, 0) is 43.0 Å². The van der Waals surface area contributed by atoms with Gasteiger partial charge >= 0.3 is 0 Å². The third-order valence-corrected chi connectivity index (χ3v) is 3.98. The monoisotopic (exact) mass is 359 g/mol. The lowest BCUT2D eigenvalue weighted by Gasteiger charge is -2.37. The molecule has 0 saturated carbocycles. The summed E-state index contributed by atoms with van der Waals surface area (Å²) < 4.78 is 20.8. The highest BCUT2D eigenvalue weighted by Crippen LogP contribution is 2.27. The number of hydrogen-bond donors (Lipinski definition) is 1. The van der Waals surface area contributed by atoms with E-state index in [9.17, 15) is 4.39 Å². The molecular formula is C17H27BrFNO. The molecule has 2 atom stereocenters. The predicted octanol–water partition coefficient (Wildman–Crippen LogP) is 4.56. The first-order valence-electron chi connectivity index (χ1n) is 7.58. The van der Waals surface area contributed by atoms with Gasteiger partial charge in [0.1, 0.15) is 5.82 Å². The van der Waals surface area contributed by atoms with Crippen LogP contribution in [0, 0.1) is 11.2 Å². The zero-order valence-corrected chi connectivity index (χ0v) is 15.3. The normalized spacial score (nSPS) is 15.0. The van der Waals surface area contributed by atoms with Crippen LogP contribution in [0.5, 0.6) is 0 Å². The van der Waals surface area contributed by atoms with E-state index in [0.717, 1.165) is 16.6 Å². The van der Waals surface area contributed by atoms with Gasteiger partial charge in [-0.1, -0.05) is 49.7 Å². The summed E-state index contributed by atoms with van der Waals surface area (Å²) in [5.41, 5.74) is 0.715. The molecule has 0 aliphatic heterocycles. The maximum Gasteiger partial charge on any atom is 0.127 e. The first kappa shape index (κ1) is 18.6. The molecule has 1 aromatic carbocycles. The molecule has 120 valence electrons. The van der Waals surface area contributed by atoms with Crippen molar-refractivity contribution in [3.05, 3.63) is 34.1 Å². The molecule has 2 unspecified atom stereocenters. The van der Waals surface area contributed by atoms with Gasteiger partial charge in [0.15, 0.2) is 0 Å². The maximum absolute atomic E-state index is 14.1. The van der Waals surface area contributed by atoms with Crippen LogP contribution in [0.25, 0.3) is 0 Å². The largest absolute Gasteiger partial charge is 0.376 e. The Bertz CT molecular complexity index is 445. The molecule has 0 heterocycles. The zero-order valence-electron chi connectivity index (χ0n) is 13.7. The highest BCUT2D eigenvalue weighted by molar-refractivity contribution is 9.10. The first-order chi connectivity index (χ1) is 9.79. The molecule has 0 radical (unpaired) electrons. The topological polar surface area (TPSA) is 21.3 Å². The molecular weight excluding hydrogens is 333 g/mol. The van der Waals surface area contributed by atoms with Gasteiger partial charge in [0.2, 0.25) is 0 Å². The van der Waals surface area contributed by atoms with E-state index in [4.69, 9.17) is 4.74 Å². The molecule has 0 amide bonds. The van der Waals surface area contributed by atoms with Gasteiger partial charge in [-0.2, -0.15) is 0 Å². The van der Waals surface area contributed by atoms with Crippen LogP contribution in [0.15, 0.2) is 22.7 Å². The lowest BCUT2D eigenvalue weighted by atomic mass is 9.82. The number of halogens is 2. The molecule has 1 N–H and O–H groups in total. The van der Waals surface area contributed by atoms with Crippen LogP contribution >= 0.6 is 15.9 Å². The van der Waals surface area contributed by atoms with Crippen molar-refractivity contribution in [1.82, 2.24) is 5.32 Å². The van der Waals surface area contributed by atoms with E-state index < -0.39 is 0 Å². The molecule has 1 aromatic rings. The molecule has 0 spiro atoms. The van der Waals surface area contributed by atoms with Gasteiger partial charge in [0.25, 0.3) is 0 Å². The smallest absolute Gasteiger partial charge is 0.127 e. The number of hydrogen-bond acceptors (Lipinski definition) is 2. The number of ether oxygens (including phenoxy) is 1. The van der Waals surface area contributed by atoms with Crippen LogP contribution in [0.4, 0.5) is 4.39 Å². The number of rotatable bonds is 7. The number of likely N-dealkylation sites (N-methyl/N-ethyl adjacent to an activating group) is 1. The summed E-state index contributed by atoms with van der Waals surface area (Å²) in [5, 5.41) is 3.46. The molecule has 1 rings (SSSR count). The average Bonchev–Trinajstić information content (AvgIpc) is 2.37. The second kappa shape index (κ2) is 8.25. The van der Waals surface area contributed by atoms with E-state index in [2.05, 4.69) is 48.9 Å². The molecule has 0 aromatic heterocycles. The number of nitrogens with one attached hydrogen (secondary N) is 1. The Labute approximate surface area is 136 Å². The van der Waals surface area contributed by atoms with Gasteiger partial charge < -0.3 is 10.1 Å². The minimum Gasteiger partial charge on any atom is -0.376 e. The zero-order chi connectivity index (χ0) is 16.0. The second-order valence-corrected chi connectivity index (χ2v) is 7.26. The van der Waals surface area contributed by atoms with Crippen LogP contribution in [0.3, 0.4) is 0 Å². The molecule has 0 fully saturated rings. The maximum atomic E-state index is 14.1. The number of benzene rings is 1. The summed E-state index contributed by atoms with van der Waals surface area (Å²) in [4.78, 5) is 0. The molecule has 0 aliphatic rings. The van der Waals surface area contributed by atoms with E-state index >= 15 is 0 Å². The summed E-state index contributed by atoms with van der Waals surface area (Å²) in [7, 11) is 0. The summed E-state index contributed by atoms with van der Waals surface area (Å²) >= 11 is 3.30. The lowest BCUT2D eigenvalue weighted by molar-refractivity contribution is -0.0353. The van der Waals surface area contributed by atoms with Crippen LogP contribution in [-0.4, -0.2) is 25.3 Å². The van der Waals surface area contributed by atoms with Crippen molar-refractivity contribution in [3.8, 4) is 0 Å². The van der Waals surface area contributed by atoms with Crippen molar-refractivity contribution in [2.75, 3.05) is 13.2 Å². The van der Waals surface area contributed by atoms with Crippen molar-refractivity contribution in [3.63, 3.8) is 0 Å². The van der Waals surface area contributed by atoms with Gasteiger partial charge in [-0.3, -0.25) is 0 Å². The fourth-order valence-corrected chi connectivity index (χ4v) is 2.95. The third-order valence-electron chi connectivity index (χ3n) is 3.49. The van der Waals surface area contributed by atoms with Crippen molar-refractivity contribution in [1.29, 1.82) is 0 Å². The van der Waals surface area contributed by atoms with E-state index in [-0.39, 0.29) is 23.4 Å². The Morgan fingerprint density at radius 3 is 2.43 bits per heavy atom. The SMILES string of the molecule is CCNC(Cc1ccc(Br)cc1F)C(OCC)C(C)(C)C. The Balaban J connectivity index is 2.98. The van der Waals surface area contributed by atoms with Crippen LogP contribution in [0.2, 0.25) is 0 Å². The summed E-state index contributed by atoms with van der Waals surface area (Å²) in [5.74, 6) is -0.170. The van der Waals surface area contributed by atoms with Gasteiger partial charge in [0.05, 0.1) is 6.10 Å². The second-order valence-electron chi connectivity index (χ2n) is 6.35. The van der Waals surface area contributed by atoms with Gasteiger partial charge in [-0.15, -0.1) is 0 Å². The van der Waals surface area contributed by atoms with Crippen molar-refractivity contribution in [2.24, 2.45) is 5.41 Å². The molecule has 2 nitrogen and oxygen atoms in total. The van der Waals surface area contributed by atoms with Crippen LogP contribution < -0.4 is 5.32 Å². The Morgan fingerprint density at radius 2 is 1.95 bits per heavy atom. The fraction of sp³-hybridized carbons (Fsp3) is 0.647. The fourth-order valence-electron chi connectivity index (χ4n) is 2.62. The molecule has 0 aliphatic carbocycles. The molecule has 21 heavy (non-hydrogen) atoms. The van der Waals surface area contributed by atoms with E-state index in [1.165, 1.54) is 6.07 Å². The Hall–Kier alpha value is -0.450. The Kier molecular flexibility index (Phi) is 7.31. The minimum atomic E-state index is -0.170. The molecule has 0 saturated heterocycles. The molecule has 4 heteroatoms. The standard InChI is InChI=1S/C17H27BrFNO/c1-6-20-15(16(21-7-2)17(3,4)5)10-12-8-9-13(18)11-14(12)19/h8-9,11,15-16,20H,6-7,10H2,1-5H3. The van der Waals surface area contributed by atoms with Crippen molar-refractivity contribution >= 4 is 15.9 Å². The van der Waals surface area contributed by atoms with E-state index in [1.807, 2.05) is 19.1 Å². The van der Waals surface area contributed by atoms with Crippen molar-refractivity contribution < 1.29 is 9.13 Å². The summed E-state index contributed by atoms with van der Waals surface area (Å²) in [6, 6.07) is 5.33. The lowest BCUT2D eigenvalue weighted by Crippen LogP contribution is -2.49. The van der Waals surface area contributed by atoms with Crippen LogP contribution in [0.1, 0.15) is 40.2 Å². The predicted molar refractivity (Wildman–Crippen MR) is 90.1 cm³/mol.